The second-order valence-corrected chi connectivity index (χ2v) is 6.27. The molecular weight excluding hydrogens is 365 g/mol. The van der Waals surface area contributed by atoms with Crippen molar-refractivity contribution in [2.45, 2.75) is 19.0 Å². The molecule has 10 heteroatoms. The van der Waals surface area contributed by atoms with Crippen LogP contribution >= 0.6 is 0 Å². The van der Waals surface area contributed by atoms with Crippen molar-refractivity contribution < 1.29 is 27.9 Å². The number of likely N-dealkylation sites (tertiary alicyclic amines) is 1. The predicted molar refractivity (Wildman–Crippen MR) is 89.5 cm³/mol. The first-order chi connectivity index (χ1) is 12.7. The lowest BCUT2D eigenvalue weighted by Crippen LogP contribution is -2.44. The zero-order valence-electron chi connectivity index (χ0n) is 14.1. The highest BCUT2D eigenvalue weighted by molar-refractivity contribution is 5.89. The highest BCUT2D eigenvalue weighted by atomic mass is 19.4. The van der Waals surface area contributed by atoms with Crippen LogP contribution in [-0.2, 0) is 11.0 Å². The van der Waals surface area contributed by atoms with Crippen LogP contribution in [0.3, 0.4) is 0 Å². The summed E-state index contributed by atoms with van der Waals surface area (Å²) in [5, 5.41) is 15.7. The molecule has 2 heterocycles. The Morgan fingerprint density at radius 3 is 2.56 bits per heavy atom. The van der Waals surface area contributed by atoms with Crippen LogP contribution in [0.1, 0.15) is 18.4 Å². The number of piperidine rings is 1. The summed E-state index contributed by atoms with van der Waals surface area (Å²) in [5.74, 6) is -1.51. The lowest BCUT2D eigenvalue weighted by Gasteiger charge is -2.30. The van der Waals surface area contributed by atoms with E-state index in [4.69, 9.17) is 5.11 Å². The van der Waals surface area contributed by atoms with E-state index >= 15 is 0 Å². The molecule has 7 nitrogen and oxygen atoms in total. The van der Waals surface area contributed by atoms with Gasteiger partial charge in [0.25, 0.3) is 0 Å². The van der Waals surface area contributed by atoms with E-state index in [0.717, 1.165) is 12.1 Å². The lowest BCUT2D eigenvalue weighted by atomic mass is 9.99. The number of amides is 2. The number of carboxylic acids is 1. The maximum atomic E-state index is 12.6. The minimum absolute atomic E-state index is 0.133. The van der Waals surface area contributed by atoms with Crippen molar-refractivity contribution in [3.05, 3.63) is 42.2 Å². The smallest absolute Gasteiger partial charge is 0.416 e. The number of carboxylic acid groups (broad SMARTS) is 1. The van der Waals surface area contributed by atoms with Crippen molar-refractivity contribution in [1.82, 2.24) is 14.7 Å². The highest BCUT2D eigenvalue weighted by Gasteiger charge is 2.30. The van der Waals surface area contributed by atoms with Crippen molar-refractivity contribution in [1.29, 1.82) is 0 Å². The van der Waals surface area contributed by atoms with Crippen LogP contribution in [-0.4, -0.2) is 44.9 Å². The van der Waals surface area contributed by atoms with Crippen LogP contribution in [0.2, 0.25) is 0 Å². The van der Waals surface area contributed by atoms with Gasteiger partial charge in [0.2, 0.25) is 0 Å². The molecule has 1 aliphatic rings. The fraction of sp³-hybridized carbons (Fsp3) is 0.353. The van der Waals surface area contributed by atoms with E-state index in [9.17, 15) is 22.8 Å². The Morgan fingerprint density at radius 1 is 1.22 bits per heavy atom. The number of aromatic nitrogens is 2. The Labute approximate surface area is 152 Å². The van der Waals surface area contributed by atoms with Crippen molar-refractivity contribution >= 4 is 17.7 Å². The van der Waals surface area contributed by atoms with Gasteiger partial charge in [0.05, 0.1) is 35.2 Å². The molecule has 0 radical (unpaired) electrons. The lowest BCUT2D eigenvalue weighted by molar-refractivity contribution is -0.143. The summed E-state index contributed by atoms with van der Waals surface area (Å²) in [6, 6.07) is 4.03. The van der Waals surface area contributed by atoms with Crippen molar-refractivity contribution in [3.8, 4) is 5.69 Å². The van der Waals surface area contributed by atoms with E-state index in [1.165, 1.54) is 34.1 Å². The minimum Gasteiger partial charge on any atom is -0.481 e. The van der Waals surface area contributed by atoms with Crippen molar-refractivity contribution in [3.63, 3.8) is 0 Å². The second kappa shape index (κ2) is 7.29. The fourth-order valence-electron chi connectivity index (χ4n) is 2.90. The number of carbonyl (C=O) groups is 2. The summed E-state index contributed by atoms with van der Waals surface area (Å²) in [7, 11) is 0. The third-order valence-corrected chi connectivity index (χ3v) is 4.35. The summed E-state index contributed by atoms with van der Waals surface area (Å²) < 4.78 is 39.2. The van der Waals surface area contributed by atoms with Gasteiger partial charge in [0.1, 0.15) is 0 Å². The van der Waals surface area contributed by atoms with E-state index in [0.29, 0.717) is 30.8 Å². The number of carbonyl (C=O) groups excluding carboxylic acids is 1. The van der Waals surface area contributed by atoms with Crippen LogP contribution in [0.15, 0.2) is 36.7 Å². The van der Waals surface area contributed by atoms with E-state index in [2.05, 4.69) is 10.4 Å². The third-order valence-electron chi connectivity index (χ3n) is 4.35. The molecule has 1 aromatic heterocycles. The maximum absolute atomic E-state index is 12.6. The molecule has 0 bridgehead atoms. The molecule has 0 spiro atoms. The zero-order chi connectivity index (χ0) is 19.6. The van der Waals surface area contributed by atoms with Crippen molar-refractivity contribution in [2.75, 3.05) is 18.4 Å². The quantitative estimate of drug-likeness (QED) is 0.853. The molecule has 27 heavy (non-hydrogen) atoms. The molecule has 1 aliphatic heterocycles. The zero-order valence-corrected chi connectivity index (χ0v) is 14.1. The maximum Gasteiger partial charge on any atom is 0.416 e. The number of rotatable bonds is 3. The van der Waals surface area contributed by atoms with Gasteiger partial charge in [-0.2, -0.15) is 18.3 Å². The standard InChI is InChI=1S/C17H17F3N4O3/c18-17(19,20)12-3-5-14(6-4-12)24-10-13(8-21-24)22-16(27)23-7-1-2-11(9-23)15(25)26/h3-6,8,10-11H,1-2,7,9H2,(H,22,27)(H,25,26). The summed E-state index contributed by atoms with van der Waals surface area (Å²) in [6.07, 6.45) is -0.433. The molecule has 144 valence electrons. The number of anilines is 1. The van der Waals surface area contributed by atoms with Crippen LogP contribution in [0, 0.1) is 5.92 Å². The Morgan fingerprint density at radius 2 is 1.93 bits per heavy atom. The molecule has 2 aromatic rings. The first-order valence-corrected chi connectivity index (χ1v) is 8.25. The average molecular weight is 382 g/mol. The van der Waals surface area contributed by atoms with Gasteiger partial charge in [-0.3, -0.25) is 4.79 Å². The van der Waals surface area contributed by atoms with Gasteiger partial charge in [-0.05, 0) is 37.1 Å². The fourth-order valence-corrected chi connectivity index (χ4v) is 2.90. The van der Waals surface area contributed by atoms with E-state index in [1.807, 2.05) is 0 Å². The number of nitrogens with zero attached hydrogens (tertiary/aromatic N) is 3. The Kier molecular flexibility index (Phi) is 5.06. The molecule has 2 amide bonds. The number of aliphatic carboxylic acids is 1. The molecule has 0 saturated carbocycles. The predicted octanol–water partition coefficient (Wildman–Crippen LogP) is 3.22. The Bertz CT molecular complexity index is 833. The summed E-state index contributed by atoms with van der Waals surface area (Å²) in [5.41, 5.74) is 0.00905. The SMILES string of the molecule is O=C(O)C1CCCN(C(=O)Nc2cnn(-c3ccc(C(F)(F)F)cc3)c2)C1. The molecule has 1 unspecified atom stereocenters. The number of halogens is 3. The van der Waals surface area contributed by atoms with Crippen LogP contribution in [0.4, 0.5) is 23.7 Å². The van der Waals surface area contributed by atoms with Gasteiger partial charge < -0.3 is 15.3 Å². The average Bonchev–Trinajstić information content (AvgIpc) is 3.09. The van der Waals surface area contributed by atoms with Gasteiger partial charge in [-0.15, -0.1) is 0 Å². The Balaban J connectivity index is 1.65. The van der Waals surface area contributed by atoms with E-state index in [-0.39, 0.29) is 6.54 Å². The number of alkyl halides is 3. The number of benzene rings is 1. The number of hydrogen-bond acceptors (Lipinski definition) is 3. The summed E-state index contributed by atoms with van der Waals surface area (Å²) in [4.78, 5) is 24.8. The largest absolute Gasteiger partial charge is 0.481 e. The molecule has 1 atom stereocenters. The molecule has 0 aliphatic carbocycles. The number of hydrogen-bond donors (Lipinski definition) is 2. The molecule has 1 saturated heterocycles. The molecular formula is C17H17F3N4O3. The van der Waals surface area contributed by atoms with Gasteiger partial charge in [0.15, 0.2) is 0 Å². The third kappa shape index (κ3) is 4.39. The van der Waals surface area contributed by atoms with Gasteiger partial charge in [0, 0.05) is 13.1 Å². The van der Waals surface area contributed by atoms with Crippen LogP contribution < -0.4 is 5.32 Å². The van der Waals surface area contributed by atoms with Crippen LogP contribution in [0.25, 0.3) is 5.69 Å². The topological polar surface area (TPSA) is 87.5 Å². The second-order valence-electron chi connectivity index (χ2n) is 6.27. The molecule has 2 N–H and O–H groups in total. The Hall–Kier alpha value is -3.04. The van der Waals surface area contributed by atoms with E-state index < -0.39 is 29.7 Å². The van der Waals surface area contributed by atoms with Gasteiger partial charge in [-0.1, -0.05) is 0 Å². The normalized spacial score (nSPS) is 17.6. The monoisotopic (exact) mass is 382 g/mol. The first kappa shape index (κ1) is 18.7. The number of urea groups is 1. The molecule has 3 rings (SSSR count). The first-order valence-electron chi connectivity index (χ1n) is 8.25. The minimum atomic E-state index is -4.41. The summed E-state index contributed by atoms with van der Waals surface area (Å²) >= 11 is 0. The molecule has 1 aromatic carbocycles. The van der Waals surface area contributed by atoms with Crippen molar-refractivity contribution in [2.24, 2.45) is 5.92 Å². The van der Waals surface area contributed by atoms with Gasteiger partial charge in [-0.25, -0.2) is 9.48 Å². The van der Waals surface area contributed by atoms with E-state index in [1.54, 1.807) is 0 Å². The highest BCUT2D eigenvalue weighted by Crippen LogP contribution is 2.29. The number of nitrogens with one attached hydrogen (secondary N) is 1. The summed E-state index contributed by atoms with van der Waals surface area (Å²) in [6.45, 7) is 0.594. The van der Waals surface area contributed by atoms with Crippen LogP contribution in [0.5, 0.6) is 0 Å². The molecule has 1 fully saturated rings. The van der Waals surface area contributed by atoms with Gasteiger partial charge >= 0.3 is 18.2 Å².